The van der Waals surface area contributed by atoms with Gasteiger partial charge in [0.25, 0.3) is 0 Å². The molecular formula is C20H17FN4O2. The second-order valence-electron chi connectivity index (χ2n) is 6.25. The van der Waals surface area contributed by atoms with Crippen molar-refractivity contribution in [1.82, 2.24) is 20.1 Å². The molecule has 1 N–H and O–H groups in total. The molecule has 0 unspecified atom stereocenters. The van der Waals surface area contributed by atoms with Gasteiger partial charge in [-0.25, -0.2) is 4.39 Å². The highest BCUT2D eigenvalue weighted by molar-refractivity contribution is 5.86. The zero-order valence-electron chi connectivity index (χ0n) is 14.6. The third kappa shape index (κ3) is 3.72. The maximum Gasteiger partial charge on any atom is 0.247 e. The van der Waals surface area contributed by atoms with Gasteiger partial charge in [-0.1, -0.05) is 18.2 Å². The third-order valence-corrected chi connectivity index (χ3v) is 4.26. The van der Waals surface area contributed by atoms with Gasteiger partial charge in [-0.05, 0) is 41.3 Å². The minimum atomic E-state index is -0.295. The molecule has 4 rings (SSSR count). The van der Waals surface area contributed by atoms with Crippen molar-refractivity contribution in [2.24, 2.45) is 0 Å². The summed E-state index contributed by atoms with van der Waals surface area (Å²) in [7, 11) is 0. The van der Waals surface area contributed by atoms with Crippen LogP contribution in [0.4, 0.5) is 4.39 Å². The van der Waals surface area contributed by atoms with E-state index in [1.165, 1.54) is 12.1 Å². The Morgan fingerprint density at radius 2 is 1.96 bits per heavy atom. The smallest absolute Gasteiger partial charge is 0.247 e. The molecule has 0 radical (unpaired) electrons. The first-order valence-electron chi connectivity index (χ1n) is 8.49. The van der Waals surface area contributed by atoms with Crippen LogP contribution < -0.4 is 5.32 Å². The minimum absolute atomic E-state index is 0.129. The monoisotopic (exact) mass is 364 g/mol. The normalized spacial score (nSPS) is 11.0. The molecule has 0 spiro atoms. The molecule has 0 saturated heterocycles. The third-order valence-electron chi connectivity index (χ3n) is 4.26. The molecule has 4 aromatic rings. The van der Waals surface area contributed by atoms with E-state index < -0.39 is 0 Å². The van der Waals surface area contributed by atoms with Crippen molar-refractivity contribution in [1.29, 1.82) is 0 Å². The highest BCUT2D eigenvalue weighted by Crippen LogP contribution is 2.24. The Morgan fingerprint density at radius 1 is 1.15 bits per heavy atom. The predicted molar refractivity (Wildman–Crippen MR) is 98.2 cm³/mol. The fourth-order valence-corrected chi connectivity index (χ4v) is 2.88. The minimum Gasteiger partial charge on any atom is -0.421 e. The van der Waals surface area contributed by atoms with E-state index in [0.29, 0.717) is 18.3 Å². The number of carbonyl (C=O) groups excluding carboxylic acids is 1. The summed E-state index contributed by atoms with van der Waals surface area (Å²) in [5, 5.41) is 11.7. The van der Waals surface area contributed by atoms with Crippen LogP contribution in [0.15, 0.2) is 59.1 Å². The second-order valence-corrected chi connectivity index (χ2v) is 6.25. The van der Waals surface area contributed by atoms with Gasteiger partial charge in [0.15, 0.2) is 0 Å². The number of amides is 1. The van der Waals surface area contributed by atoms with Crippen LogP contribution in [0.3, 0.4) is 0 Å². The molecule has 1 amide bonds. The Balaban J connectivity index is 1.49. The molecule has 0 bridgehead atoms. The van der Waals surface area contributed by atoms with Gasteiger partial charge in [-0.15, -0.1) is 10.2 Å². The number of fused-ring (bicyclic) bond motifs is 1. The molecule has 136 valence electrons. The van der Waals surface area contributed by atoms with Crippen LogP contribution in [0.1, 0.15) is 11.5 Å². The standard InChI is InChI=1S/C20H17FN4O2/c1-13-23-24-20(27-13)16-5-4-15-8-9-25(18(15)10-16)12-19(26)22-11-14-2-6-17(21)7-3-14/h2-10H,11-12H2,1H3,(H,22,26). The highest BCUT2D eigenvalue weighted by atomic mass is 19.1. The van der Waals surface area contributed by atoms with Gasteiger partial charge in [-0.2, -0.15) is 0 Å². The van der Waals surface area contributed by atoms with Gasteiger partial charge in [0.2, 0.25) is 17.7 Å². The van der Waals surface area contributed by atoms with E-state index in [1.54, 1.807) is 19.1 Å². The molecule has 0 fully saturated rings. The number of halogens is 1. The van der Waals surface area contributed by atoms with E-state index in [9.17, 15) is 9.18 Å². The van der Waals surface area contributed by atoms with E-state index in [-0.39, 0.29) is 18.3 Å². The van der Waals surface area contributed by atoms with Crippen molar-refractivity contribution in [2.45, 2.75) is 20.0 Å². The zero-order chi connectivity index (χ0) is 18.8. The van der Waals surface area contributed by atoms with Crippen LogP contribution in [-0.4, -0.2) is 20.7 Å². The average molecular weight is 364 g/mol. The van der Waals surface area contributed by atoms with Crippen LogP contribution in [0.5, 0.6) is 0 Å². The van der Waals surface area contributed by atoms with Gasteiger partial charge >= 0.3 is 0 Å². The van der Waals surface area contributed by atoms with E-state index in [4.69, 9.17) is 4.42 Å². The Kier molecular flexibility index (Phi) is 4.42. The second kappa shape index (κ2) is 7.03. The van der Waals surface area contributed by atoms with E-state index in [0.717, 1.165) is 22.0 Å². The maximum atomic E-state index is 12.9. The highest BCUT2D eigenvalue weighted by Gasteiger charge is 2.11. The molecule has 6 nitrogen and oxygen atoms in total. The summed E-state index contributed by atoms with van der Waals surface area (Å²) in [5.74, 6) is 0.524. The largest absolute Gasteiger partial charge is 0.421 e. The van der Waals surface area contributed by atoms with Crippen molar-refractivity contribution < 1.29 is 13.6 Å². The number of aryl methyl sites for hydroxylation is 1. The zero-order valence-corrected chi connectivity index (χ0v) is 14.6. The number of rotatable bonds is 5. The lowest BCUT2D eigenvalue weighted by atomic mass is 10.1. The SMILES string of the molecule is Cc1nnc(-c2ccc3ccn(CC(=O)NCc4ccc(F)cc4)c3c2)o1. The van der Waals surface area contributed by atoms with Crippen molar-refractivity contribution >= 4 is 16.8 Å². The Labute approximate surface area is 154 Å². The van der Waals surface area contributed by atoms with E-state index in [2.05, 4.69) is 15.5 Å². The molecule has 0 aliphatic rings. The molecule has 2 aromatic carbocycles. The van der Waals surface area contributed by atoms with Gasteiger partial charge in [0.1, 0.15) is 12.4 Å². The Morgan fingerprint density at radius 3 is 2.70 bits per heavy atom. The number of nitrogens with zero attached hydrogens (tertiary/aromatic N) is 3. The number of hydrogen-bond acceptors (Lipinski definition) is 4. The first-order chi connectivity index (χ1) is 13.1. The van der Waals surface area contributed by atoms with Crippen molar-refractivity contribution in [3.05, 3.63) is 72.0 Å². The van der Waals surface area contributed by atoms with Gasteiger partial charge < -0.3 is 14.3 Å². The number of hydrogen-bond donors (Lipinski definition) is 1. The number of aromatic nitrogens is 3. The summed E-state index contributed by atoms with van der Waals surface area (Å²) in [4.78, 5) is 12.3. The average Bonchev–Trinajstić information content (AvgIpc) is 3.27. The summed E-state index contributed by atoms with van der Waals surface area (Å²) in [5.41, 5.74) is 2.55. The van der Waals surface area contributed by atoms with Crippen LogP contribution in [0.25, 0.3) is 22.4 Å². The first kappa shape index (κ1) is 17.0. The van der Waals surface area contributed by atoms with Gasteiger partial charge in [0.05, 0.1) is 0 Å². The molecule has 0 atom stereocenters. The molecule has 27 heavy (non-hydrogen) atoms. The molecule has 2 aromatic heterocycles. The summed E-state index contributed by atoms with van der Waals surface area (Å²) in [6.45, 7) is 2.27. The van der Waals surface area contributed by atoms with Crippen molar-refractivity contribution in [3.63, 3.8) is 0 Å². The predicted octanol–water partition coefficient (Wildman–Crippen LogP) is 3.46. The summed E-state index contributed by atoms with van der Waals surface area (Å²) < 4.78 is 20.3. The van der Waals surface area contributed by atoms with Crippen molar-refractivity contribution in [2.75, 3.05) is 0 Å². The topological polar surface area (TPSA) is 73.0 Å². The van der Waals surface area contributed by atoms with Gasteiger partial charge in [0, 0.05) is 30.7 Å². The van der Waals surface area contributed by atoms with Crippen LogP contribution in [-0.2, 0) is 17.9 Å². The molecule has 0 aliphatic heterocycles. The van der Waals surface area contributed by atoms with Crippen molar-refractivity contribution in [3.8, 4) is 11.5 Å². The fraction of sp³-hybridized carbons (Fsp3) is 0.150. The number of benzene rings is 2. The number of nitrogens with one attached hydrogen (secondary N) is 1. The number of carbonyl (C=O) groups is 1. The molecule has 0 aliphatic carbocycles. The summed E-state index contributed by atoms with van der Waals surface area (Å²) >= 11 is 0. The Hall–Kier alpha value is -3.48. The lowest BCUT2D eigenvalue weighted by molar-refractivity contribution is -0.121. The van der Waals surface area contributed by atoms with Crippen LogP contribution in [0, 0.1) is 12.7 Å². The van der Waals surface area contributed by atoms with Crippen LogP contribution in [0.2, 0.25) is 0 Å². The quantitative estimate of drug-likeness (QED) is 0.589. The lowest BCUT2D eigenvalue weighted by Gasteiger charge is -2.08. The lowest BCUT2D eigenvalue weighted by Crippen LogP contribution is -2.26. The summed E-state index contributed by atoms with van der Waals surface area (Å²) in [6, 6.07) is 13.8. The summed E-state index contributed by atoms with van der Waals surface area (Å²) in [6.07, 6.45) is 1.87. The van der Waals surface area contributed by atoms with Crippen LogP contribution >= 0.6 is 0 Å². The molecular weight excluding hydrogens is 347 g/mol. The molecule has 2 heterocycles. The van der Waals surface area contributed by atoms with E-state index in [1.807, 2.05) is 35.0 Å². The van der Waals surface area contributed by atoms with Gasteiger partial charge in [-0.3, -0.25) is 4.79 Å². The van der Waals surface area contributed by atoms with E-state index >= 15 is 0 Å². The fourth-order valence-electron chi connectivity index (χ4n) is 2.88. The maximum absolute atomic E-state index is 12.9. The first-order valence-corrected chi connectivity index (χ1v) is 8.49. The Bertz CT molecular complexity index is 1100. The molecule has 0 saturated carbocycles. The molecule has 7 heteroatoms.